The first-order valence-corrected chi connectivity index (χ1v) is 5.34. The van der Waals surface area contributed by atoms with Crippen LogP contribution in [0, 0.1) is 0 Å². The average Bonchev–Trinajstić information content (AvgIpc) is 2.29. The lowest BCUT2D eigenvalue weighted by Gasteiger charge is -2.02. The van der Waals surface area contributed by atoms with E-state index in [0.29, 0.717) is 0 Å². The molecule has 0 spiro atoms. The Balaban J connectivity index is 2.56. The smallest absolute Gasteiger partial charge is 0.170 e. The molecule has 3 heteroatoms. The molecule has 0 unspecified atom stereocenters. The van der Waals surface area contributed by atoms with Crippen LogP contribution < -0.4 is 5.73 Å². The lowest BCUT2D eigenvalue weighted by Crippen LogP contribution is -2.12. The van der Waals surface area contributed by atoms with E-state index in [9.17, 15) is 0 Å². The first kappa shape index (κ1) is 11.6. The molecule has 1 aromatic carbocycles. The zero-order valence-electron chi connectivity index (χ0n) is 9.11. The van der Waals surface area contributed by atoms with Crippen LogP contribution in [0.25, 0.3) is 0 Å². The molecule has 82 valence electrons. The summed E-state index contributed by atoms with van der Waals surface area (Å²) in [5.41, 5.74) is 7.53. The number of aryl methyl sites for hydroxylation is 1. The number of hydrogen-bond acceptors (Lipinski definition) is 2. The van der Waals surface area contributed by atoms with Crippen molar-refractivity contribution < 1.29 is 5.21 Å². The van der Waals surface area contributed by atoms with Gasteiger partial charge in [0.05, 0.1) is 0 Å². The van der Waals surface area contributed by atoms with E-state index in [1.165, 1.54) is 24.8 Å². The Morgan fingerprint density at radius 3 is 2.47 bits per heavy atom. The van der Waals surface area contributed by atoms with Crippen LogP contribution in [-0.2, 0) is 6.42 Å². The molecule has 0 saturated heterocycles. The monoisotopic (exact) mass is 206 g/mol. The second-order valence-electron chi connectivity index (χ2n) is 3.64. The summed E-state index contributed by atoms with van der Waals surface area (Å²) in [7, 11) is 0. The molecule has 1 aromatic rings. The van der Waals surface area contributed by atoms with Gasteiger partial charge >= 0.3 is 0 Å². The highest BCUT2D eigenvalue weighted by Crippen LogP contribution is 2.08. The Labute approximate surface area is 90.6 Å². The summed E-state index contributed by atoms with van der Waals surface area (Å²) in [6.07, 6.45) is 4.83. The van der Waals surface area contributed by atoms with Crippen LogP contribution >= 0.6 is 0 Å². The molecule has 3 N–H and O–H groups in total. The molecule has 0 aromatic heterocycles. The number of hydrogen-bond donors (Lipinski definition) is 2. The molecular weight excluding hydrogens is 188 g/mol. The molecule has 0 saturated carbocycles. The Kier molecular flexibility index (Phi) is 4.68. The quantitative estimate of drug-likeness (QED) is 0.256. The number of unbranched alkanes of at least 4 members (excludes halogenated alkanes) is 2. The van der Waals surface area contributed by atoms with Crippen molar-refractivity contribution in [3.05, 3.63) is 35.4 Å². The zero-order valence-corrected chi connectivity index (χ0v) is 9.11. The number of nitrogens with zero attached hydrogens (tertiary/aromatic N) is 1. The van der Waals surface area contributed by atoms with Crippen LogP contribution in [0.5, 0.6) is 0 Å². The van der Waals surface area contributed by atoms with Crippen molar-refractivity contribution in [2.45, 2.75) is 32.6 Å². The van der Waals surface area contributed by atoms with Crippen molar-refractivity contribution in [2.75, 3.05) is 0 Å². The number of amidine groups is 1. The summed E-state index contributed by atoms with van der Waals surface area (Å²) < 4.78 is 0. The fourth-order valence-corrected chi connectivity index (χ4v) is 1.48. The third-order valence-electron chi connectivity index (χ3n) is 2.43. The third kappa shape index (κ3) is 3.62. The van der Waals surface area contributed by atoms with Crippen LogP contribution in [0.3, 0.4) is 0 Å². The summed E-state index contributed by atoms with van der Waals surface area (Å²) in [6, 6.07) is 7.83. The van der Waals surface area contributed by atoms with Crippen LogP contribution in [0.1, 0.15) is 37.3 Å². The van der Waals surface area contributed by atoms with Crippen molar-refractivity contribution >= 4 is 5.84 Å². The molecule has 0 aliphatic heterocycles. The van der Waals surface area contributed by atoms with Gasteiger partial charge in [0, 0.05) is 5.56 Å². The second kappa shape index (κ2) is 6.06. The maximum Gasteiger partial charge on any atom is 0.170 e. The van der Waals surface area contributed by atoms with Crippen molar-refractivity contribution in [3.63, 3.8) is 0 Å². The van der Waals surface area contributed by atoms with Crippen LogP contribution in [0.4, 0.5) is 0 Å². The molecule has 0 aliphatic rings. The number of benzene rings is 1. The zero-order chi connectivity index (χ0) is 11.1. The van der Waals surface area contributed by atoms with Gasteiger partial charge in [-0.3, -0.25) is 0 Å². The molecular formula is C12H18N2O. The first-order chi connectivity index (χ1) is 7.27. The van der Waals surface area contributed by atoms with Gasteiger partial charge in [-0.1, -0.05) is 49.2 Å². The van der Waals surface area contributed by atoms with Crippen LogP contribution in [0.2, 0.25) is 0 Å². The molecule has 0 heterocycles. The molecule has 0 fully saturated rings. The Morgan fingerprint density at radius 2 is 1.93 bits per heavy atom. The highest BCUT2D eigenvalue weighted by Gasteiger charge is 1.98. The summed E-state index contributed by atoms with van der Waals surface area (Å²) >= 11 is 0. The van der Waals surface area contributed by atoms with E-state index < -0.39 is 0 Å². The molecule has 0 bridgehead atoms. The maximum atomic E-state index is 8.49. The van der Waals surface area contributed by atoms with E-state index in [4.69, 9.17) is 10.9 Å². The van der Waals surface area contributed by atoms with Gasteiger partial charge in [-0.25, -0.2) is 0 Å². The Bertz CT molecular complexity index is 317. The summed E-state index contributed by atoms with van der Waals surface area (Å²) in [6.45, 7) is 2.20. The maximum absolute atomic E-state index is 8.49. The van der Waals surface area contributed by atoms with E-state index in [-0.39, 0.29) is 5.84 Å². The predicted octanol–water partition coefficient (Wildman–Crippen LogP) is 2.51. The first-order valence-electron chi connectivity index (χ1n) is 5.34. The van der Waals surface area contributed by atoms with Gasteiger partial charge in [0.15, 0.2) is 5.84 Å². The van der Waals surface area contributed by atoms with Crippen LogP contribution in [0.15, 0.2) is 29.4 Å². The van der Waals surface area contributed by atoms with E-state index >= 15 is 0 Å². The molecule has 15 heavy (non-hydrogen) atoms. The Morgan fingerprint density at radius 1 is 1.27 bits per heavy atom. The Hall–Kier alpha value is -1.51. The number of rotatable bonds is 5. The van der Waals surface area contributed by atoms with E-state index in [0.717, 1.165) is 12.0 Å². The molecule has 0 atom stereocenters. The molecule has 0 amide bonds. The standard InChI is InChI=1S/C12H18N2O/c1-2-3-4-5-10-6-8-11(9-7-10)12(13)14-15/h6-9,15H,2-5H2,1H3,(H2,13,14). The summed E-state index contributed by atoms with van der Waals surface area (Å²) in [5.74, 6) is 0.162. The molecule has 1 rings (SSSR count). The van der Waals surface area contributed by atoms with Gasteiger partial charge in [0.1, 0.15) is 0 Å². The van der Waals surface area contributed by atoms with Gasteiger partial charge < -0.3 is 10.9 Å². The van der Waals surface area contributed by atoms with Crippen molar-refractivity contribution in [2.24, 2.45) is 10.9 Å². The number of nitrogens with two attached hydrogens (primary N) is 1. The van der Waals surface area contributed by atoms with Crippen LogP contribution in [-0.4, -0.2) is 11.0 Å². The van der Waals surface area contributed by atoms with Gasteiger partial charge in [0.2, 0.25) is 0 Å². The largest absolute Gasteiger partial charge is 0.409 e. The van der Waals surface area contributed by atoms with E-state index in [1.807, 2.05) is 24.3 Å². The summed E-state index contributed by atoms with van der Waals surface area (Å²) in [5, 5.41) is 11.5. The van der Waals surface area contributed by atoms with Gasteiger partial charge in [-0.15, -0.1) is 0 Å². The minimum Gasteiger partial charge on any atom is -0.409 e. The highest BCUT2D eigenvalue weighted by molar-refractivity contribution is 5.96. The lowest BCUT2D eigenvalue weighted by molar-refractivity contribution is 0.318. The molecule has 0 aliphatic carbocycles. The SMILES string of the molecule is CCCCCc1ccc(/C(N)=N/O)cc1. The lowest BCUT2D eigenvalue weighted by atomic mass is 10.1. The topological polar surface area (TPSA) is 58.6 Å². The minimum absolute atomic E-state index is 0.162. The average molecular weight is 206 g/mol. The van der Waals surface area contributed by atoms with Gasteiger partial charge in [-0.05, 0) is 18.4 Å². The second-order valence-corrected chi connectivity index (χ2v) is 3.64. The van der Waals surface area contributed by atoms with Crippen molar-refractivity contribution in [1.82, 2.24) is 0 Å². The van der Waals surface area contributed by atoms with E-state index in [1.54, 1.807) is 0 Å². The van der Waals surface area contributed by atoms with E-state index in [2.05, 4.69) is 12.1 Å². The third-order valence-corrected chi connectivity index (χ3v) is 2.43. The fourth-order valence-electron chi connectivity index (χ4n) is 1.48. The predicted molar refractivity (Wildman–Crippen MR) is 62.2 cm³/mol. The number of oxime groups is 1. The molecule has 3 nitrogen and oxygen atoms in total. The van der Waals surface area contributed by atoms with Gasteiger partial charge in [0.25, 0.3) is 0 Å². The summed E-state index contributed by atoms with van der Waals surface area (Å²) in [4.78, 5) is 0. The fraction of sp³-hybridized carbons (Fsp3) is 0.417. The molecule has 0 radical (unpaired) electrons. The van der Waals surface area contributed by atoms with Gasteiger partial charge in [-0.2, -0.15) is 0 Å². The highest BCUT2D eigenvalue weighted by atomic mass is 16.4. The minimum atomic E-state index is 0.162. The normalized spacial score (nSPS) is 11.7. The van der Waals surface area contributed by atoms with Crippen molar-refractivity contribution in [1.29, 1.82) is 0 Å². The van der Waals surface area contributed by atoms with Crippen molar-refractivity contribution in [3.8, 4) is 0 Å².